The van der Waals surface area contributed by atoms with Crippen LogP contribution in [-0.4, -0.2) is 35.8 Å². The minimum absolute atomic E-state index is 0.155. The van der Waals surface area contributed by atoms with Crippen molar-refractivity contribution < 1.29 is 14.2 Å². The summed E-state index contributed by atoms with van der Waals surface area (Å²) in [5.74, 6) is 0.512. The number of ether oxygens (including phenoxy) is 3. The van der Waals surface area contributed by atoms with Gasteiger partial charge in [0.05, 0.1) is 29.2 Å². The van der Waals surface area contributed by atoms with E-state index in [0.717, 1.165) is 0 Å². The van der Waals surface area contributed by atoms with Gasteiger partial charge >= 0.3 is 0 Å². The highest BCUT2D eigenvalue weighted by molar-refractivity contribution is 6.12. The van der Waals surface area contributed by atoms with E-state index < -0.39 is 0 Å². The molecular weight excluding hydrogens is 184 g/mol. The van der Waals surface area contributed by atoms with Crippen LogP contribution in [0.3, 0.4) is 0 Å². The lowest BCUT2D eigenvalue weighted by Gasteiger charge is -2.11. The molecule has 0 bridgehead atoms. The van der Waals surface area contributed by atoms with E-state index in [2.05, 4.69) is 10.2 Å². The third-order valence-electron chi connectivity index (χ3n) is 1.21. The van der Waals surface area contributed by atoms with Gasteiger partial charge < -0.3 is 14.2 Å². The van der Waals surface area contributed by atoms with Gasteiger partial charge in [0.15, 0.2) is 0 Å². The molecule has 13 heavy (non-hydrogen) atoms. The normalized spacial score (nSPS) is 12.0. The molecule has 0 aliphatic heterocycles. The first-order valence-corrected chi connectivity index (χ1v) is 5.12. The van der Waals surface area contributed by atoms with Gasteiger partial charge in [0.1, 0.15) is 0 Å². The van der Waals surface area contributed by atoms with E-state index in [4.69, 9.17) is 14.2 Å². The molecule has 0 heterocycles. The fourth-order valence-electron chi connectivity index (χ4n) is 0.774. The van der Waals surface area contributed by atoms with Crippen LogP contribution in [0.5, 0.6) is 0 Å². The Labute approximate surface area is 83.5 Å². The Bertz CT molecular complexity index is 140. The van der Waals surface area contributed by atoms with Crippen LogP contribution in [-0.2, 0) is 14.2 Å². The number of hydrogen-bond donors (Lipinski definition) is 0. The highest BCUT2D eigenvalue weighted by atomic mass is 28.1. The van der Waals surface area contributed by atoms with Gasteiger partial charge in [-0.1, -0.05) is 0 Å². The molecular formula is C9H17O3Si. The second-order valence-electron chi connectivity index (χ2n) is 2.23. The highest BCUT2D eigenvalue weighted by Gasteiger charge is 2.02. The molecule has 0 rings (SSSR count). The molecule has 0 spiro atoms. The van der Waals surface area contributed by atoms with Gasteiger partial charge in [-0.25, -0.2) is 0 Å². The van der Waals surface area contributed by atoms with Crippen LogP contribution in [0, 0.1) is 0 Å². The van der Waals surface area contributed by atoms with E-state index in [1.165, 1.54) is 0 Å². The van der Waals surface area contributed by atoms with Crippen molar-refractivity contribution in [1.29, 1.82) is 0 Å². The maximum absolute atomic E-state index is 5.24. The molecule has 4 heteroatoms. The highest BCUT2D eigenvalue weighted by Crippen LogP contribution is 2.02. The SMILES string of the molecule is CCOC(=CC([Si])OCC)OCC. The number of hydrogen-bond acceptors (Lipinski definition) is 3. The average Bonchev–Trinajstić information content (AvgIpc) is 2.05. The van der Waals surface area contributed by atoms with Crippen LogP contribution in [0.2, 0.25) is 0 Å². The van der Waals surface area contributed by atoms with Gasteiger partial charge in [-0.2, -0.15) is 0 Å². The fourth-order valence-corrected chi connectivity index (χ4v) is 1.08. The van der Waals surface area contributed by atoms with Crippen molar-refractivity contribution in [1.82, 2.24) is 0 Å². The number of rotatable bonds is 7. The molecule has 1 unspecified atom stereocenters. The molecule has 0 amide bonds. The minimum atomic E-state index is -0.155. The molecule has 1 atom stereocenters. The topological polar surface area (TPSA) is 27.7 Å². The van der Waals surface area contributed by atoms with Crippen LogP contribution in [0.15, 0.2) is 12.0 Å². The Balaban J connectivity index is 3.98. The largest absolute Gasteiger partial charge is 0.466 e. The first-order valence-electron chi connectivity index (χ1n) is 4.54. The summed E-state index contributed by atoms with van der Waals surface area (Å²) in [6.45, 7) is 7.60. The zero-order chi connectivity index (χ0) is 10.1. The molecule has 0 aromatic rings. The summed E-state index contributed by atoms with van der Waals surface area (Å²) in [5.41, 5.74) is -0.155. The smallest absolute Gasteiger partial charge is 0.277 e. The van der Waals surface area contributed by atoms with Crippen molar-refractivity contribution in [3.05, 3.63) is 12.0 Å². The van der Waals surface area contributed by atoms with Crippen LogP contribution < -0.4 is 0 Å². The van der Waals surface area contributed by atoms with Gasteiger partial charge in [0, 0.05) is 12.7 Å². The van der Waals surface area contributed by atoms with Crippen LogP contribution >= 0.6 is 0 Å². The summed E-state index contributed by atoms with van der Waals surface area (Å²) < 4.78 is 15.7. The van der Waals surface area contributed by atoms with Gasteiger partial charge in [0.2, 0.25) is 0 Å². The molecule has 0 aromatic heterocycles. The van der Waals surface area contributed by atoms with Crippen molar-refractivity contribution in [2.24, 2.45) is 0 Å². The first-order chi connectivity index (χ1) is 6.24. The third kappa shape index (κ3) is 6.66. The van der Waals surface area contributed by atoms with E-state index in [1.54, 1.807) is 6.08 Å². The molecule has 0 saturated heterocycles. The molecule has 0 aromatic carbocycles. The maximum atomic E-state index is 5.24. The van der Waals surface area contributed by atoms with Gasteiger partial charge in [0.25, 0.3) is 5.95 Å². The Morgan fingerprint density at radius 3 is 2.08 bits per heavy atom. The van der Waals surface area contributed by atoms with Gasteiger partial charge in [-0.05, 0) is 20.8 Å². The summed E-state index contributed by atoms with van der Waals surface area (Å²) in [7, 11) is 3.37. The van der Waals surface area contributed by atoms with E-state index in [1.807, 2.05) is 20.8 Å². The quantitative estimate of drug-likeness (QED) is 0.461. The Morgan fingerprint density at radius 1 is 1.15 bits per heavy atom. The van der Waals surface area contributed by atoms with Crippen molar-refractivity contribution in [2.75, 3.05) is 19.8 Å². The van der Waals surface area contributed by atoms with E-state index >= 15 is 0 Å². The van der Waals surface area contributed by atoms with Crippen LogP contribution in [0.1, 0.15) is 20.8 Å². The lowest BCUT2D eigenvalue weighted by Crippen LogP contribution is -2.12. The lowest BCUT2D eigenvalue weighted by molar-refractivity contribution is 0.0397. The average molecular weight is 201 g/mol. The summed E-state index contributed by atoms with van der Waals surface area (Å²) in [5, 5.41) is 0. The van der Waals surface area contributed by atoms with Gasteiger partial charge in [-0.15, -0.1) is 0 Å². The zero-order valence-corrected chi connectivity index (χ0v) is 9.50. The predicted octanol–water partition coefficient (Wildman–Crippen LogP) is 1.43. The van der Waals surface area contributed by atoms with Crippen LogP contribution in [0.25, 0.3) is 0 Å². The molecule has 0 aliphatic carbocycles. The molecule has 0 N–H and O–H groups in total. The second-order valence-corrected chi connectivity index (χ2v) is 2.80. The van der Waals surface area contributed by atoms with Crippen molar-refractivity contribution >= 4 is 10.2 Å². The first kappa shape index (κ1) is 12.5. The zero-order valence-electron chi connectivity index (χ0n) is 8.50. The summed E-state index contributed by atoms with van der Waals surface area (Å²) >= 11 is 0. The molecule has 75 valence electrons. The standard InChI is InChI=1S/C9H17O3Si/c1-4-10-8(11-5-2)7-9(13)12-6-3/h7,9H,4-6H2,1-3H3. The lowest BCUT2D eigenvalue weighted by atomic mass is 10.6. The van der Waals surface area contributed by atoms with Gasteiger partial charge in [-0.3, -0.25) is 0 Å². The minimum Gasteiger partial charge on any atom is -0.466 e. The summed E-state index contributed by atoms with van der Waals surface area (Å²) in [6, 6.07) is 0. The van der Waals surface area contributed by atoms with E-state index in [9.17, 15) is 0 Å². The van der Waals surface area contributed by atoms with E-state index in [-0.39, 0.29) is 5.73 Å². The Kier molecular flexibility index (Phi) is 7.83. The van der Waals surface area contributed by atoms with Crippen LogP contribution in [0.4, 0.5) is 0 Å². The van der Waals surface area contributed by atoms with Crippen molar-refractivity contribution in [3.8, 4) is 0 Å². The maximum Gasteiger partial charge on any atom is 0.277 e. The Hall–Kier alpha value is -0.483. The summed E-state index contributed by atoms with van der Waals surface area (Å²) in [4.78, 5) is 0. The molecule has 0 saturated carbocycles. The molecule has 0 aliphatic rings. The molecule has 3 radical (unpaired) electrons. The molecule has 3 nitrogen and oxygen atoms in total. The fraction of sp³-hybridized carbons (Fsp3) is 0.778. The van der Waals surface area contributed by atoms with Crippen molar-refractivity contribution in [2.45, 2.75) is 26.5 Å². The summed E-state index contributed by atoms with van der Waals surface area (Å²) in [6.07, 6.45) is 1.76. The van der Waals surface area contributed by atoms with Crippen molar-refractivity contribution in [3.63, 3.8) is 0 Å². The monoisotopic (exact) mass is 201 g/mol. The molecule has 0 fully saturated rings. The third-order valence-corrected chi connectivity index (χ3v) is 1.54. The Morgan fingerprint density at radius 2 is 1.69 bits per heavy atom. The van der Waals surface area contributed by atoms with E-state index in [0.29, 0.717) is 25.8 Å². The second kappa shape index (κ2) is 8.13. The predicted molar refractivity (Wildman–Crippen MR) is 52.5 cm³/mol.